The van der Waals surface area contributed by atoms with Gasteiger partial charge in [-0.2, -0.15) is 0 Å². The molecular formula is C15H9BrF2N2O. The van der Waals surface area contributed by atoms with E-state index in [0.717, 1.165) is 16.6 Å². The largest absolute Gasteiger partial charge is 0.367 e. The average Bonchev–Trinajstić information content (AvgIpc) is 2.81. The van der Waals surface area contributed by atoms with Crippen LogP contribution in [0, 0.1) is 11.6 Å². The lowest BCUT2D eigenvalue weighted by Crippen LogP contribution is -1.92. The highest BCUT2D eigenvalue weighted by Crippen LogP contribution is 2.39. The number of anilines is 1. The van der Waals surface area contributed by atoms with Crippen molar-refractivity contribution >= 4 is 21.8 Å². The van der Waals surface area contributed by atoms with Crippen molar-refractivity contribution in [2.75, 3.05) is 5.73 Å². The van der Waals surface area contributed by atoms with Gasteiger partial charge in [0.05, 0.1) is 5.56 Å². The van der Waals surface area contributed by atoms with Gasteiger partial charge >= 0.3 is 0 Å². The first-order valence-electron chi connectivity index (χ1n) is 6.03. The van der Waals surface area contributed by atoms with Crippen LogP contribution in [0.5, 0.6) is 0 Å². The minimum Gasteiger partial charge on any atom is -0.367 e. The third-order valence-corrected chi connectivity index (χ3v) is 3.74. The molecule has 3 aromatic rings. The van der Waals surface area contributed by atoms with Gasteiger partial charge in [-0.1, -0.05) is 39.3 Å². The molecule has 0 atom stereocenters. The molecule has 0 aliphatic heterocycles. The van der Waals surface area contributed by atoms with Gasteiger partial charge in [0.1, 0.15) is 17.3 Å². The fourth-order valence-electron chi connectivity index (χ4n) is 2.09. The molecule has 0 radical (unpaired) electrons. The number of hydrogen-bond donors (Lipinski definition) is 1. The molecule has 0 unspecified atom stereocenters. The monoisotopic (exact) mass is 350 g/mol. The number of aromatic nitrogens is 1. The molecule has 0 saturated carbocycles. The van der Waals surface area contributed by atoms with E-state index >= 15 is 0 Å². The lowest BCUT2D eigenvalue weighted by molar-refractivity contribution is 0.439. The quantitative estimate of drug-likeness (QED) is 0.732. The van der Waals surface area contributed by atoms with Crippen molar-refractivity contribution in [1.29, 1.82) is 0 Å². The van der Waals surface area contributed by atoms with Crippen molar-refractivity contribution in [3.63, 3.8) is 0 Å². The topological polar surface area (TPSA) is 52.0 Å². The minimum absolute atomic E-state index is 0.0220. The van der Waals surface area contributed by atoms with E-state index in [-0.39, 0.29) is 11.4 Å². The van der Waals surface area contributed by atoms with E-state index in [4.69, 9.17) is 10.3 Å². The zero-order valence-corrected chi connectivity index (χ0v) is 12.2. The van der Waals surface area contributed by atoms with Crippen molar-refractivity contribution < 1.29 is 13.3 Å². The summed E-state index contributed by atoms with van der Waals surface area (Å²) >= 11 is 3.40. The van der Waals surface area contributed by atoms with Crippen molar-refractivity contribution in [3.8, 4) is 22.4 Å². The maximum atomic E-state index is 14.0. The Morgan fingerprint density at radius 2 is 1.81 bits per heavy atom. The number of benzene rings is 2. The number of nitrogens with two attached hydrogens (primary N) is 1. The predicted octanol–water partition coefficient (Wildman–Crippen LogP) is 4.63. The Hall–Kier alpha value is -2.21. The van der Waals surface area contributed by atoms with Crippen LogP contribution in [0.1, 0.15) is 0 Å². The van der Waals surface area contributed by atoms with Crippen LogP contribution in [0.4, 0.5) is 14.7 Å². The highest BCUT2D eigenvalue weighted by molar-refractivity contribution is 9.10. The van der Waals surface area contributed by atoms with E-state index < -0.39 is 11.6 Å². The third kappa shape index (κ3) is 2.42. The number of rotatable bonds is 2. The second-order valence-corrected chi connectivity index (χ2v) is 5.23. The fourth-order valence-corrected chi connectivity index (χ4v) is 2.56. The third-order valence-electron chi connectivity index (χ3n) is 3.05. The average molecular weight is 351 g/mol. The van der Waals surface area contributed by atoms with Gasteiger partial charge in [-0.25, -0.2) is 8.78 Å². The summed E-state index contributed by atoms with van der Waals surface area (Å²) in [6.07, 6.45) is 0. The Kier molecular flexibility index (Phi) is 3.47. The number of nitrogen functional groups attached to an aromatic ring is 1. The van der Waals surface area contributed by atoms with Gasteiger partial charge < -0.3 is 10.3 Å². The number of halogens is 3. The normalized spacial score (nSPS) is 10.8. The maximum absolute atomic E-state index is 14.0. The van der Waals surface area contributed by atoms with Gasteiger partial charge in [-0.05, 0) is 18.2 Å². The van der Waals surface area contributed by atoms with Crippen LogP contribution in [-0.2, 0) is 0 Å². The van der Waals surface area contributed by atoms with E-state index in [0.29, 0.717) is 16.8 Å². The SMILES string of the molecule is Nc1onc(-c2ccccc2Br)c1-c1ccc(F)cc1F. The molecule has 0 amide bonds. The Labute approximate surface area is 127 Å². The van der Waals surface area contributed by atoms with E-state index in [1.54, 1.807) is 6.07 Å². The second-order valence-electron chi connectivity index (χ2n) is 4.37. The highest BCUT2D eigenvalue weighted by atomic mass is 79.9. The van der Waals surface area contributed by atoms with Gasteiger partial charge in [0.2, 0.25) is 5.88 Å². The predicted molar refractivity (Wildman–Crippen MR) is 79.4 cm³/mol. The molecule has 2 aromatic carbocycles. The highest BCUT2D eigenvalue weighted by Gasteiger charge is 2.21. The summed E-state index contributed by atoms with van der Waals surface area (Å²) in [7, 11) is 0. The van der Waals surface area contributed by atoms with Gasteiger partial charge in [-0.15, -0.1) is 0 Å². The Morgan fingerprint density at radius 3 is 2.52 bits per heavy atom. The lowest BCUT2D eigenvalue weighted by atomic mass is 10.0. The van der Waals surface area contributed by atoms with Gasteiger partial charge in [-0.3, -0.25) is 0 Å². The minimum atomic E-state index is -0.724. The molecular weight excluding hydrogens is 342 g/mol. The molecule has 0 spiro atoms. The first-order chi connectivity index (χ1) is 10.1. The molecule has 1 heterocycles. The van der Waals surface area contributed by atoms with Crippen LogP contribution in [0.15, 0.2) is 51.5 Å². The molecule has 2 N–H and O–H groups in total. The van der Waals surface area contributed by atoms with Crippen molar-refractivity contribution in [2.24, 2.45) is 0 Å². The molecule has 21 heavy (non-hydrogen) atoms. The Morgan fingerprint density at radius 1 is 1.05 bits per heavy atom. The summed E-state index contributed by atoms with van der Waals surface area (Å²) in [5.74, 6) is -1.40. The van der Waals surface area contributed by atoms with Crippen LogP contribution in [-0.4, -0.2) is 5.16 Å². The number of hydrogen-bond acceptors (Lipinski definition) is 3. The summed E-state index contributed by atoms with van der Waals surface area (Å²) in [5.41, 5.74) is 7.31. The summed E-state index contributed by atoms with van der Waals surface area (Å²) in [6.45, 7) is 0. The van der Waals surface area contributed by atoms with Crippen molar-refractivity contribution in [1.82, 2.24) is 5.16 Å². The van der Waals surface area contributed by atoms with E-state index in [9.17, 15) is 8.78 Å². The van der Waals surface area contributed by atoms with Crippen molar-refractivity contribution in [2.45, 2.75) is 0 Å². The standard InChI is InChI=1S/C15H9BrF2N2O/c16-11-4-2-1-3-9(11)14-13(15(19)21-20-14)10-6-5-8(17)7-12(10)18/h1-7H,19H2. The van der Waals surface area contributed by atoms with Crippen LogP contribution in [0.25, 0.3) is 22.4 Å². The molecule has 106 valence electrons. The van der Waals surface area contributed by atoms with Crippen molar-refractivity contribution in [3.05, 3.63) is 58.6 Å². The molecule has 0 aliphatic rings. The van der Waals surface area contributed by atoms with Gasteiger partial charge in [0.15, 0.2) is 0 Å². The fraction of sp³-hybridized carbons (Fsp3) is 0. The summed E-state index contributed by atoms with van der Waals surface area (Å²) in [4.78, 5) is 0. The second kappa shape index (κ2) is 5.29. The molecule has 3 nitrogen and oxygen atoms in total. The van der Waals surface area contributed by atoms with Crippen LogP contribution in [0.3, 0.4) is 0 Å². The van der Waals surface area contributed by atoms with Gasteiger partial charge in [0.25, 0.3) is 0 Å². The molecule has 0 bridgehead atoms. The summed E-state index contributed by atoms with van der Waals surface area (Å²) < 4.78 is 32.8. The summed E-state index contributed by atoms with van der Waals surface area (Å²) in [6, 6.07) is 10.6. The Balaban J connectivity index is 2.25. The Bertz CT molecular complexity index is 817. The molecule has 0 aliphatic carbocycles. The first kappa shape index (κ1) is 13.8. The summed E-state index contributed by atoms with van der Waals surface area (Å²) in [5, 5.41) is 3.90. The van der Waals surface area contributed by atoms with E-state index in [1.165, 1.54) is 6.07 Å². The van der Waals surface area contributed by atoms with Crippen LogP contribution < -0.4 is 5.73 Å². The molecule has 0 fully saturated rings. The first-order valence-corrected chi connectivity index (χ1v) is 6.82. The van der Waals surface area contributed by atoms with Gasteiger partial charge in [0, 0.05) is 21.7 Å². The smallest absolute Gasteiger partial charge is 0.230 e. The zero-order chi connectivity index (χ0) is 15.0. The van der Waals surface area contributed by atoms with E-state index in [1.807, 2.05) is 18.2 Å². The molecule has 0 saturated heterocycles. The van der Waals surface area contributed by atoms with Crippen LogP contribution >= 0.6 is 15.9 Å². The molecule has 3 rings (SSSR count). The van der Waals surface area contributed by atoms with E-state index in [2.05, 4.69) is 21.1 Å². The van der Waals surface area contributed by atoms with Crippen LogP contribution in [0.2, 0.25) is 0 Å². The maximum Gasteiger partial charge on any atom is 0.230 e. The number of nitrogens with zero attached hydrogens (tertiary/aromatic N) is 1. The lowest BCUT2D eigenvalue weighted by Gasteiger charge is -2.06. The molecule has 1 aromatic heterocycles. The zero-order valence-electron chi connectivity index (χ0n) is 10.6. The molecule has 6 heteroatoms.